The minimum atomic E-state index is -0.133. The van der Waals surface area contributed by atoms with Crippen LogP contribution in [-0.2, 0) is 7.05 Å². The third-order valence-electron chi connectivity index (χ3n) is 4.40. The van der Waals surface area contributed by atoms with Crippen molar-refractivity contribution in [2.75, 3.05) is 12.9 Å². The fraction of sp³-hybridized carbons (Fsp3) is 0.158. The van der Waals surface area contributed by atoms with Crippen molar-refractivity contribution in [3.63, 3.8) is 0 Å². The van der Waals surface area contributed by atoms with E-state index in [-0.39, 0.29) is 17.1 Å². The van der Waals surface area contributed by atoms with E-state index in [1.54, 1.807) is 42.8 Å². The molecule has 4 rings (SSSR count). The molecule has 7 nitrogen and oxygen atoms in total. The predicted molar refractivity (Wildman–Crippen MR) is 111 cm³/mol. The van der Waals surface area contributed by atoms with Gasteiger partial charge in [-0.3, -0.25) is 18.6 Å². The van der Waals surface area contributed by atoms with Gasteiger partial charge in [0, 0.05) is 12.6 Å². The number of ketones is 1. The molecule has 0 N–H and O–H groups in total. The highest BCUT2D eigenvalue weighted by Crippen LogP contribution is 2.27. The Morgan fingerprint density at radius 3 is 2.75 bits per heavy atom. The summed E-state index contributed by atoms with van der Waals surface area (Å²) in [5.74, 6) is 1.25. The lowest BCUT2D eigenvalue weighted by molar-refractivity contribution is 0.102. The molecule has 0 aliphatic heterocycles. The molecule has 0 saturated heterocycles. The fourth-order valence-corrected chi connectivity index (χ4v) is 4.33. The maximum absolute atomic E-state index is 12.6. The van der Waals surface area contributed by atoms with E-state index in [4.69, 9.17) is 4.74 Å². The summed E-state index contributed by atoms with van der Waals surface area (Å²) < 4.78 is 9.18. The summed E-state index contributed by atoms with van der Waals surface area (Å²) in [6.45, 7) is 0. The molecule has 4 aromatic rings. The monoisotopic (exact) mass is 458 g/mol. The van der Waals surface area contributed by atoms with Gasteiger partial charge in [-0.2, -0.15) is 0 Å². The molecule has 9 heteroatoms. The normalized spacial score (nSPS) is 11.2. The highest BCUT2D eigenvalue weighted by Gasteiger charge is 2.17. The summed E-state index contributed by atoms with van der Waals surface area (Å²) in [6.07, 6.45) is 0. The number of benzene rings is 2. The van der Waals surface area contributed by atoms with E-state index in [0.29, 0.717) is 33.1 Å². The lowest BCUT2D eigenvalue weighted by atomic mass is 10.1. The maximum atomic E-state index is 12.6. The van der Waals surface area contributed by atoms with Gasteiger partial charge < -0.3 is 4.74 Å². The SMILES string of the molecule is COc1ccc(C(=O)CSc2nnc3n(C)c(=O)c4ccccc4n23)cc1Br. The van der Waals surface area contributed by atoms with Crippen LogP contribution in [0.25, 0.3) is 16.7 Å². The molecule has 0 radical (unpaired) electrons. The molecule has 2 aromatic carbocycles. The largest absolute Gasteiger partial charge is 0.496 e. The smallest absolute Gasteiger partial charge is 0.262 e. The van der Waals surface area contributed by atoms with E-state index in [0.717, 1.165) is 4.47 Å². The van der Waals surface area contributed by atoms with E-state index < -0.39 is 0 Å². The summed E-state index contributed by atoms with van der Waals surface area (Å²) in [6, 6.07) is 12.5. The molecule has 142 valence electrons. The summed E-state index contributed by atoms with van der Waals surface area (Å²) in [4.78, 5) is 25.1. The number of fused-ring (bicyclic) bond motifs is 3. The number of carbonyl (C=O) groups excluding carboxylic acids is 1. The first-order valence-corrected chi connectivity index (χ1v) is 10.1. The first-order chi connectivity index (χ1) is 13.5. The highest BCUT2D eigenvalue weighted by molar-refractivity contribution is 9.10. The molecule has 0 aliphatic rings. The number of Topliss-reactive ketones (excluding diaryl/α,β-unsaturated/α-hetero) is 1. The fourth-order valence-electron chi connectivity index (χ4n) is 2.96. The Bertz CT molecular complexity index is 1280. The molecule has 0 atom stereocenters. The van der Waals surface area contributed by atoms with Gasteiger partial charge in [-0.1, -0.05) is 23.9 Å². The number of methoxy groups -OCH3 is 1. The van der Waals surface area contributed by atoms with Crippen LogP contribution in [0.3, 0.4) is 0 Å². The number of ether oxygens (including phenoxy) is 1. The van der Waals surface area contributed by atoms with Gasteiger partial charge in [0.05, 0.1) is 28.2 Å². The number of aryl methyl sites for hydroxylation is 1. The van der Waals surface area contributed by atoms with Crippen LogP contribution in [0.5, 0.6) is 5.75 Å². The Balaban J connectivity index is 1.68. The number of hydrogen-bond acceptors (Lipinski definition) is 6. The topological polar surface area (TPSA) is 78.5 Å². The molecule has 0 bridgehead atoms. The molecule has 28 heavy (non-hydrogen) atoms. The number of para-hydroxylation sites is 1. The van der Waals surface area contributed by atoms with Gasteiger partial charge >= 0.3 is 0 Å². The van der Waals surface area contributed by atoms with Crippen molar-refractivity contribution in [2.45, 2.75) is 5.16 Å². The molecular weight excluding hydrogens is 444 g/mol. The van der Waals surface area contributed by atoms with Gasteiger partial charge in [-0.25, -0.2) is 0 Å². The lowest BCUT2D eigenvalue weighted by Gasteiger charge is -2.08. The van der Waals surface area contributed by atoms with Gasteiger partial charge in [0.1, 0.15) is 5.75 Å². The second-order valence-corrected chi connectivity index (χ2v) is 7.86. The molecule has 0 spiro atoms. The van der Waals surface area contributed by atoms with Crippen LogP contribution in [0.4, 0.5) is 0 Å². The van der Waals surface area contributed by atoms with Gasteiger partial charge in [0.15, 0.2) is 10.9 Å². The third kappa shape index (κ3) is 3.10. The highest BCUT2D eigenvalue weighted by atomic mass is 79.9. The maximum Gasteiger partial charge on any atom is 0.262 e. The lowest BCUT2D eigenvalue weighted by Crippen LogP contribution is -2.20. The molecule has 0 saturated carbocycles. The molecule has 0 fully saturated rings. The standard InChI is InChI=1S/C19H15BrN4O3S/c1-23-17(26)12-5-3-4-6-14(12)24-18(23)21-22-19(24)28-10-15(25)11-7-8-16(27-2)13(20)9-11/h3-9H,10H2,1-2H3. The second-order valence-electron chi connectivity index (χ2n) is 6.06. The van der Waals surface area contributed by atoms with Crippen molar-refractivity contribution >= 4 is 50.2 Å². The van der Waals surface area contributed by atoms with Crippen molar-refractivity contribution in [3.8, 4) is 5.75 Å². The van der Waals surface area contributed by atoms with Crippen molar-refractivity contribution in [3.05, 3.63) is 62.9 Å². The average Bonchev–Trinajstić information content (AvgIpc) is 3.14. The molecule has 2 aromatic heterocycles. The molecular formula is C19H15BrN4O3S. The number of halogens is 1. The van der Waals surface area contributed by atoms with Crippen LogP contribution in [0, 0.1) is 0 Å². The Hall–Kier alpha value is -2.65. The zero-order valence-corrected chi connectivity index (χ0v) is 17.5. The van der Waals surface area contributed by atoms with E-state index in [1.165, 1.54) is 16.3 Å². The molecule has 2 heterocycles. The van der Waals surface area contributed by atoms with Gasteiger partial charge in [0.2, 0.25) is 5.78 Å². The van der Waals surface area contributed by atoms with Crippen LogP contribution in [0.1, 0.15) is 10.4 Å². The van der Waals surface area contributed by atoms with Crippen molar-refractivity contribution in [2.24, 2.45) is 7.05 Å². The first kappa shape index (κ1) is 18.7. The Labute approximate surface area is 172 Å². The van der Waals surface area contributed by atoms with E-state index in [2.05, 4.69) is 26.1 Å². The van der Waals surface area contributed by atoms with Gasteiger partial charge in [-0.05, 0) is 46.3 Å². The Morgan fingerprint density at radius 1 is 1.21 bits per heavy atom. The third-order valence-corrected chi connectivity index (χ3v) is 5.95. The van der Waals surface area contributed by atoms with Crippen LogP contribution < -0.4 is 10.3 Å². The van der Waals surface area contributed by atoms with Crippen LogP contribution in [-0.4, -0.2) is 37.8 Å². The van der Waals surface area contributed by atoms with Crippen molar-refractivity contribution in [1.29, 1.82) is 0 Å². The van der Waals surface area contributed by atoms with E-state index >= 15 is 0 Å². The number of thioether (sulfide) groups is 1. The van der Waals surface area contributed by atoms with Crippen molar-refractivity contribution < 1.29 is 9.53 Å². The number of rotatable bonds is 5. The number of hydrogen-bond donors (Lipinski definition) is 0. The summed E-state index contributed by atoms with van der Waals surface area (Å²) >= 11 is 4.68. The first-order valence-electron chi connectivity index (χ1n) is 8.33. The summed E-state index contributed by atoms with van der Waals surface area (Å²) in [5, 5.41) is 9.46. The zero-order valence-electron chi connectivity index (χ0n) is 15.0. The van der Waals surface area contributed by atoms with E-state index in [9.17, 15) is 9.59 Å². The average molecular weight is 459 g/mol. The molecule has 0 aliphatic carbocycles. The van der Waals surface area contributed by atoms with Crippen LogP contribution in [0.15, 0.2) is 56.9 Å². The summed E-state index contributed by atoms with van der Waals surface area (Å²) in [7, 11) is 3.23. The zero-order chi connectivity index (χ0) is 19.8. The second kappa shape index (κ2) is 7.40. The van der Waals surface area contributed by atoms with Gasteiger partial charge in [-0.15, -0.1) is 10.2 Å². The quantitative estimate of drug-likeness (QED) is 0.337. The summed E-state index contributed by atoms with van der Waals surface area (Å²) in [5.41, 5.74) is 1.16. The van der Waals surface area contributed by atoms with Crippen LogP contribution in [0.2, 0.25) is 0 Å². The van der Waals surface area contributed by atoms with E-state index in [1.807, 2.05) is 18.2 Å². The number of carbonyl (C=O) groups is 1. The predicted octanol–water partition coefficient (Wildman–Crippen LogP) is 3.33. The minimum Gasteiger partial charge on any atom is -0.496 e. The number of aromatic nitrogens is 4. The Morgan fingerprint density at radius 2 is 2.00 bits per heavy atom. The molecule has 0 unspecified atom stereocenters. The molecule has 0 amide bonds. The van der Waals surface area contributed by atoms with Crippen LogP contribution >= 0.6 is 27.7 Å². The van der Waals surface area contributed by atoms with Crippen molar-refractivity contribution in [1.82, 2.24) is 19.2 Å². The number of nitrogens with zero attached hydrogens (tertiary/aromatic N) is 4. The Kier molecular flexibility index (Phi) is 4.94. The van der Waals surface area contributed by atoms with Gasteiger partial charge in [0.25, 0.3) is 5.56 Å². The minimum absolute atomic E-state index is 0.0424.